The van der Waals surface area contributed by atoms with Crippen LogP contribution in [0.25, 0.3) is 17.5 Å². The van der Waals surface area contributed by atoms with E-state index in [1.165, 1.54) is 38.1 Å². The summed E-state index contributed by atoms with van der Waals surface area (Å²) in [7, 11) is 3.02. The van der Waals surface area contributed by atoms with E-state index in [1.807, 2.05) is 31.2 Å². The molecule has 1 N–H and O–H groups in total. The molecule has 10 nitrogen and oxygen atoms in total. The van der Waals surface area contributed by atoms with Crippen LogP contribution < -0.4 is 9.47 Å². The van der Waals surface area contributed by atoms with Crippen molar-refractivity contribution in [3.05, 3.63) is 86.8 Å². The Hall–Kier alpha value is -4.29. The van der Waals surface area contributed by atoms with Gasteiger partial charge < -0.3 is 19.0 Å². The summed E-state index contributed by atoms with van der Waals surface area (Å²) >= 11 is 1.99. The minimum Gasteiger partial charge on any atom is -0.497 e. The number of rotatable bonds is 10. The fourth-order valence-corrected chi connectivity index (χ4v) is 4.84. The molecular weight excluding hydrogens is 530 g/mol. The number of carbonyl (C=O) groups is 1. The molecule has 0 spiro atoms. The van der Waals surface area contributed by atoms with Gasteiger partial charge in [0.2, 0.25) is 5.89 Å². The highest BCUT2D eigenvalue weighted by Crippen LogP contribution is 2.37. The molecule has 12 heteroatoms. The average molecular weight is 552 g/mol. The Kier molecular flexibility index (Phi) is 8.34. The average Bonchev–Trinajstić information content (AvgIpc) is 3.38. The normalized spacial score (nSPS) is 11.3. The molecule has 0 aliphatic rings. The van der Waals surface area contributed by atoms with Crippen LogP contribution in [0, 0.1) is 17.0 Å². The van der Waals surface area contributed by atoms with Gasteiger partial charge in [-0.3, -0.25) is 10.1 Å². The smallest absolute Gasteiger partial charge is 0.342 e. The Morgan fingerprint density at radius 2 is 1.71 bits per heavy atom. The topological polar surface area (TPSA) is 138 Å². The molecule has 0 radical (unpaired) electrons. The first-order valence-electron chi connectivity index (χ1n) is 11.0. The summed E-state index contributed by atoms with van der Waals surface area (Å²) < 4.78 is 16.2. The number of nitro benzene ring substituents is 1. The van der Waals surface area contributed by atoms with Gasteiger partial charge in [-0.15, -0.1) is 10.2 Å². The number of aliphatic carboxylic acids is 1. The quantitative estimate of drug-likeness (QED) is 0.102. The Balaban J connectivity index is 1.59. The lowest BCUT2D eigenvalue weighted by Crippen LogP contribution is -1.97. The zero-order valence-electron chi connectivity index (χ0n) is 20.4. The van der Waals surface area contributed by atoms with Gasteiger partial charge in [0.25, 0.3) is 10.9 Å². The third-order valence-corrected chi connectivity index (χ3v) is 7.06. The summed E-state index contributed by atoms with van der Waals surface area (Å²) in [6.45, 7) is 1.96. The van der Waals surface area contributed by atoms with Crippen molar-refractivity contribution in [3.63, 3.8) is 0 Å². The Morgan fingerprint density at radius 1 is 1.03 bits per heavy atom. The number of carboxylic acids is 1. The molecule has 0 atom stereocenters. The molecule has 4 rings (SSSR count). The summed E-state index contributed by atoms with van der Waals surface area (Å²) in [5, 5.41) is 29.4. The van der Waals surface area contributed by atoms with E-state index in [0.29, 0.717) is 27.5 Å². The lowest BCUT2D eigenvalue weighted by Gasteiger charge is -2.06. The summed E-state index contributed by atoms with van der Waals surface area (Å²) in [5.41, 5.74) is 1.82. The van der Waals surface area contributed by atoms with Crippen molar-refractivity contribution in [1.82, 2.24) is 10.2 Å². The van der Waals surface area contributed by atoms with Crippen molar-refractivity contribution >= 4 is 41.3 Å². The monoisotopic (exact) mass is 551 g/mol. The van der Waals surface area contributed by atoms with E-state index < -0.39 is 10.9 Å². The molecule has 194 valence electrons. The van der Waals surface area contributed by atoms with Crippen LogP contribution in [0.2, 0.25) is 0 Å². The van der Waals surface area contributed by atoms with Crippen molar-refractivity contribution in [1.29, 1.82) is 0 Å². The molecule has 0 saturated heterocycles. The molecule has 38 heavy (non-hydrogen) atoms. The lowest BCUT2D eigenvalue weighted by molar-refractivity contribution is -0.387. The molecule has 0 amide bonds. The van der Waals surface area contributed by atoms with Crippen LogP contribution in [0.5, 0.6) is 11.5 Å². The van der Waals surface area contributed by atoms with Crippen LogP contribution in [-0.4, -0.2) is 40.4 Å². The first-order valence-corrected chi connectivity index (χ1v) is 12.6. The van der Waals surface area contributed by atoms with Crippen molar-refractivity contribution in [3.8, 4) is 23.0 Å². The van der Waals surface area contributed by atoms with E-state index in [1.54, 1.807) is 30.3 Å². The molecule has 0 unspecified atom stereocenters. The fourth-order valence-electron chi connectivity index (χ4n) is 3.27. The molecule has 0 bridgehead atoms. The van der Waals surface area contributed by atoms with Crippen LogP contribution in [0.1, 0.15) is 11.1 Å². The molecule has 3 aromatic carbocycles. The number of nitrogens with zero attached hydrogens (tertiary/aromatic N) is 3. The number of nitro groups is 1. The third-order valence-electron chi connectivity index (χ3n) is 5.14. The second kappa shape index (κ2) is 11.8. The van der Waals surface area contributed by atoms with Crippen molar-refractivity contribution < 1.29 is 28.7 Å². The second-order valence-corrected chi connectivity index (χ2v) is 9.90. The highest BCUT2D eigenvalue weighted by molar-refractivity contribution is 8.03. The van der Waals surface area contributed by atoms with Gasteiger partial charge in [0.05, 0.1) is 24.0 Å². The van der Waals surface area contributed by atoms with Gasteiger partial charge >= 0.3 is 5.97 Å². The van der Waals surface area contributed by atoms with Crippen LogP contribution >= 0.6 is 23.5 Å². The van der Waals surface area contributed by atoms with Gasteiger partial charge in [0.1, 0.15) is 16.4 Å². The number of methoxy groups -OCH3 is 2. The first-order chi connectivity index (χ1) is 18.2. The van der Waals surface area contributed by atoms with E-state index in [4.69, 9.17) is 13.9 Å². The molecule has 0 fully saturated rings. The van der Waals surface area contributed by atoms with E-state index in [0.717, 1.165) is 22.2 Å². The Labute approximate surface area is 225 Å². The number of carboxylic acid groups (broad SMARTS) is 1. The summed E-state index contributed by atoms with van der Waals surface area (Å²) in [6, 6.07) is 17.2. The Morgan fingerprint density at radius 3 is 2.32 bits per heavy atom. The van der Waals surface area contributed by atoms with Crippen molar-refractivity contribution in [2.45, 2.75) is 21.9 Å². The number of aryl methyl sites for hydroxylation is 1. The molecule has 1 heterocycles. The highest BCUT2D eigenvalue weighted by atomic mass is 32.2. The number of hydrogen-bond acceptors (Lipinski definition) is 10. The van der Waals surface area contributed by atoms with Gasteiger partial charge in [-0.25, -0.2) is 4.79 Å². The lowest BCUT2D eigenvalue weighted by atomic mass is 10.2. The molecule has 0 aliphatic carbocycles. The summed E-state index contributed by atoms with van der Waals surface area (Å²) in [4.78, 5) is 24.4. The molecular formula is C26H21N3O7S2. The van der Waals surface area contributed by atoms with Gasteiger partial charge in [-0.2, -0.15) is 0 Å². The SMILES string of the molecule is COc1cc(OC)cc(-c2nnc(S/C(=C/c3ccc(Sc4ccc(C)cc4)c([N+](=O)[O-])c3)C(=O)O)o2)c1. The minimum atomic E-state index is -1.25. The standard InChI is InChI=1S/C26H21N3O7S2/c1-15-4-7-20(8-5-15)37-22-9-6-16(10-21(22)29(32)33)11-23(25(30)31)38-26-28-27-24(36-26)17-12-18(34-2)14-19(13-17)35-3/h4-14H,1-3H3,(H,30,31)/b23-11+. The number of benzene rings is 3. The van der Waals surface area contributed by atoms with E-state index >= 15 is 0 Å². The van der Waals surface area contributed by atoms with Gasteiger partial charge in [0, 0.05) is 22.6 Å². The minimum absolute atomic E-state index is 0.0171. The maximum atomic E-state index is 12.0. The van der Waals surface area contributed by atoms with E-state index in [-0.39, 0.29) is 21.7 Å². The maximum Gasteiger partial charge on any atom is 0.342 e. The van der Waals surface area contributed by atoms with Gasteiger partial charge in [-0.05, 0) is 60.7 Å². The molecule has 0 aliphatic heterocycles. The van der Waals surface area contributed by atoms with Gasteiger partial charge in [-0.1, -0.05) is 35.5 Å². The van der Waals surface area contributed by atoms with Crippen LogP contribution in [-0.2, 0) is 4.79 Å². The Bertz CT molecular complexity index is 1500. The summed E-state index contributed by atoms with van der Waals surface area (Å²) in [6.07, 6.45) is 1.32. The maximum absolute atomic E-state index is 12.0. The van der Waals surface area contributed by atoms with Crippen molar-refractivity contribution in [2.75, 3.05) is 14.2 Å². The molecule has 1 aromatic heterocycles. The zero-order chi connectivity index (χ0) is 27.2. The fraction of sp³-hybridized carbons (Fsp3) is 0.115. The van der Waals surface area contributed by atoms with Crippen LogP contribution in [0.3, 0.4) is 0 Å². The molecule has 4 aromatic rings. The zero-order valence-corrected chi connectivity index (χ0v) is 22.0. The van der Waals surface area contributed by atoms with Gasteiger partial charge in [0.15, 0.2) is 0 Å². The largest absolute Gasteiger partial charge is 0.497 e. The van der Waals surface area contributed by atoms with E-state index in [2.05, 4.69) is 10.2 Å². The highest BCUT2D eigenvalue weighted by Gasteiger charge is 2.19. The van der Waals surface area contributed by atoms with Crippen LogP contribution in [0.15, 0.2) is 85.0 Å². The second-order valence-electron chi connectivity index (χ2n) is 7.79. The predicted octanol–water partition coefficient (Wildman–Crippen LogP) is 6.34. The molecule has 0 saturated carbocycles. The van der Waals surface area contributed by atoms with Crippen molar-refractivity contribution in [2.24, 2.45) is 0 Å². The number of aromatic nitrogens is 2. The summed E-state index contributed by atoms with van der Waals surface area (Å²) in [5.74, 6) is -0.0759. The predicted molar refractivity (Wildman–Crippen MR) is 143 cm³/mol. The number of ether oxygens (including phenoxy) is 2. The number of thioether (sulfide) groups is 1. The van der Waals surface area contributed by atoms with Crippen LogP contribution in [0.4, 0.5) is 5.69 Å². The van der Waals surface area contributed by atoms with E-state index in [9.17, 15) is 20.0 Å². The first kappa shape index (κ1) is 26.8. The number of hydrogen-bond donors (Lipinski definition) is 1. The third kappa shape index (κ3) is 6.52.